The number of hydrogen-bond acceptors (Lipinski definition) is 4. The lowest BCUT2D eigenvalue weighted by Crippen LogP contribution is -2.48. The van der Waals surface area contributed by atoms with E-state index < -0.39 is 5.91 Å². The first-order valence-corrected chi connectivity index (χ1v) is 8.65. The van der Waals surface area contributed by atoms with E-state index in [1.54, 1.807) is 68.4 Å². The molecule has 0 radical (unpaired) electrons. The number of hydrogen-bond donors (Lipinski definition) is 4. The number of hydrazine groups is 1. The van der Waals surface area contributed by atoms with Gasteiger partial charge in [-0.2, -0.15) is 0 Å². The fourth-order valence-electron chi connectivity index (χ4n) is 1.97. The summed E-state index contributed by atoms with van der Waals surface area (Å²) in [5.74, 6) is -1.06. The van der Waals surface area contributed by atoms with Crippen molar-refractivity contribution in [2.45, 2.75) is 13.8 Å². The maximum Gasteiger partial charge on any atom is 0.269 e. The molecule has 0 heterocycles. The number of carbonyl (C=O) groups is 3. The van der Waals surface area contributed by atoms with Crippen molar-refractivity contribution in [3.63, 3.8) is 0 Å². The Morgan fingerprint density at radius 2 is 1.41 bits per heavy atom. The first-order chi connectivity index (χ1) is 12.9. The topological polar surface area (TPSA) is 99.3 Å². The van der Waals surface area contributed by atoms with E-state index in [-0.39, 0.29) is 22.8 Å². The van der Waals surface area contributed by atoms with Crippen LogP contribution in [0.2, 0.25) is 0 Å². The maximum absolute atomic E-state index is 12.1. The second-order valence-corrected chi connectivity index (χ2v) is 6.36. The number of thiocarbonyl (C=S) groups is 1. The van der Waals surface area contributed by atoms with Crippen LogP contribution in [0.4, 0.5) is 5.69 Å². The highest BCUT2D eigenvalue weighted by Crippen LogP contribution is 2.10. The fraction of sp³-hybridized carbons (Fsp3) is 0.158. The van der Waals surface area contributed by atoms with Gasteiger partial charge in [0.05, 0.1) is 0 Å². The van der Waals surface area contributed by atoms with Gasteiger partial charge in [-0.05, 0) is 48.6 Å². The van der Waals surface area contributed by atoms with Gasteiger partial charge in [-0.3, -0.25) is 30.6 Å². The lowest BCUT2D eigenvalue weighted by atomic mass is 10.1. The molecular formula is C19H20N4O3S. The van der Waals surface area contributed by atoms with Crippen LogP contribution < -0.4 is 21.5 Å². The lowest BCUT2D eigenvalue weighted by molar-refractivity contribution is -0.118. The van der Waals surface area contributed by atoms with Crippen LogP contribution in [0.15, 0.2) is 54.6 Å². The average Bonchev–Trinajstić information content (AvgIpc) is 2.67. The van der Waals surface area contributed by atoms with Gasteiger partial charge >= 0.3 is 0 Å². The summed E-state index contributed by atoms with van der Waals surface area (Å²) in [4.78, 5) is 35.7. The van der Waals surface area contributed by atoms with Crippen LogP contribution in [0.1, 0.15) is 34.6 Å². The SMILES string of the molecule is CC(C)C(=O)Nc1ccc(C(=O)NNC(=S)NC(=O)c2ccccc2)cc1. The Bertz CT molecular complexity index is 836. The van der Waals surface area contributed by atoms with Crippen LogP contribution in [0.25, 0.3) is 0 Å². The van der Waals surface area contributed by atoms with Crippen molar-refractivity contribution in [2.24, 2.45) is 5.92 Å². The van der Waals surface area contributed by atoms with Crippen molar-refractivity contribution >= 4 is 40.7 Å². The van der Waals surface area contributed by atoms with Gasteiger partial charge in [-0.1, -0.05) is 32.0 Å². The Balaban J connectivity index is 1.83. The first kappa shape index (κ1) is 20.1. The van der Waals surface area contributed by atoms with E-state index in [1.165, 1.54) is 0 Å². The molecule has 27 heavy (non-hydrogen) atoms. The Morgan fingerprint density at radius 1 is 0.815 bits per heavy atom. The van der Waals surface area contributed by atoms with E-state index >= 15 is 0 Å². The van der Waals surface area contributed by atoms with E-state index in [9.17, 15) is 14.4 Å². The normalized spacial score (nSPS) is 10.0. The van der Waals surface area contributed by atoms with E-state index in [0.717, 1.165) is 0 Å². The molecule has 8 heteroatoms. The molecule has 4 N–H and O–H groups in total. The van der Waals surface area contributed by atoms with Crippen LogP contribution in [0.5, 0.6) is 0 Å². The van der Waals surface area contributed by atoms with Crippen LogP contribution in [-0.4, -0.2) is 22.8 Å². The van der Waals surface area contributed by atoms with Crippen molar-refractivity contribution in [1.29, 1.82) is 0 Å². The molecule has 0 saturated carbocycles. The molecule has 140 valence electrons. The van der Waals surface area contributed by atoms with Crippen molar-refractivity contribution < 1.29 is 14.4 Å². The average molecular weight is 384 g/mol. The summed E-state index contributed by atoms with van der Waals surface area (Å²) in [6.45, 7) is 3.59. The quantitative estimate of drug-likeness (QED) is 0.479. The molecule has 0 bridgehead atoms. The van der Waals surface area contributed by atoms with Gasteiger partial charge < -0.3 is 5.32 Å². The van der Waals surface area contributed by atoms with Gasteiger partial charge in [0, 0.05) is 22.7 Å². The van der Waals surface area contributed by atoms with Crippen LogP contribution in [0, 0.1) is 5.92 Å². The molecule has 0 aliphatic heterocycles. The van der Waals surface area contributed by atoms with Crippen molar-refractivity contribution in [3.05, 3.63) is 65.7 Å². The number of carbonyl (C=O) groups excluding carboxylic acids is 3. The number of amides is 3. The largest absolute Gasteiger partial charge is 0.326 e. The summed E-state index contributed by atoms with van der Waals surface area (Å²) in [6.07, 6.45) is 0. The number of rotatable bonds is 4. The summed E-state index contributed by atoms with van der Waals surface area (Å²) in [5.41, 5.74) is 6.29. The Hall–Kier alpha value is -3.26. The predicted molar refractivity (Wildman–Crippen MR) is 107 cm³/mol. The predicted octanol–water partition coefficient (Wildman–Crippen LogP) is 2.23. The third-order valence-electron chi connectivity index (χ3n) is 3.49. The zero-order chi connectivity index (χ0) is 19.8. The monoisotopic (exact) mass is 384 g/mol. The Labute approximate surface area is 162 Å². The Kier molecular flexibility index (Phi) is 7.01. The smallest absolute Gasteiger partial charge is 0.269 e. The molecule has 2 aromatic rings. The third-order valence-corrected chi connectivity index (χ3v) is 3.70. The molecule has 0 aromatic heterocycles. The van der Waals surface area contributed by atoms with E-state index in [2.05, 4.69) is 21.5 Å². The second-order valence-electron chi connectivity index (χ2n) is 5.95. The van der Waals surface area contributed by atoms with Crippen molar-refractivity contribution in [2.75, 3.05) is 5.32 Å². The number of anilines is 1. The van der Waals surface area contributed by atoms with Gasteiger partial charge in [0.25, 0.3) is 11.8 Å². The van der Waals surface area contributed by atoms with E-state index in [0.29, 0.717) is 16.8 Å². The minimum absolute atomic E-state index is 0.0296. The van der Waals surface area contributed by atoms with Gasteiger partial charge in [0.1, 0.15) is 0 Å². The fourth-order valence-corrected chi connectivity index (χ4v) is 2.12. The zero-order valence-electron chi connectivity index (χ0n) is 14.9. The molecule has 0 aliphatic rings. The molecular weight excluding hydrogens is 364 g/mol. The standard InChI is InChI=1S/C19H20N4O3S/c1-12(2)16(24)20-15-10-8-14(9-11-15)18(26)22-23-19(27)21-17(25)13-6-4-3-5-7-13/h3-12H,1-2H3,(H,20,24)(H,22,26)(H2,21,23,25,27). The summed E-state index contributed by atoms with van der Waals surface area (Å²) in [5, 5.41) is 5.17. The van der Waals surface area contributed by atoms with Gasteiger partial charge in [0.2, 0.25) is 5.91 Å². The molecule has 0 saturated heterocycles. The highest BCUT2D eigenvalue weighted by Gasteiger charge is 2.10. The molecule has 0 unspecified atom stereocenters. The van der Waals surface area contributed by atoms with Gasteiger partial charge in [-0.25, -0.2) is 0 Å². The van der Waals surface area contributed by atoms with Crippen molar-refractivity contribution in [1.82, 2.24) is 16.2 Å². The molecule has 7 nitrogen and oxygen atoms in total. The molecule has 2 rings (SSSR count). The van der Waals surface area contributed by atoms with Crippen LogP contribution in [0.3, 0.4) is 0 Å². The molecule has 3 amide bonds. The van der Waals surface area contributed by atoms with Crippen molar-refractivity contribution in [3.8, 4) is 0 Å². The minimum Gasteiger partial charge on any atom is -0.326 e. The first-order valence-electron chi connectivity index (χ1n) is 8.24. The third kappa shape index (κ3) is 6.19. The molecule has 0 atom stereocenters. The summed E-state index contributed by atoms with van der Waals surface area (Å²) < 4.78 is 0. The van der Waals surface area contributed by atoms with Crippen LogP contribution in [-0.2, 0) is 4.79 Å². The van der Waals surface area contributed by atoms with Gasteiger partial charge in [0.15, 0.2) is 5.11 Å². The maximum atomic E-state index is 12.1. The number of benzene rings is 2. The highest BCUT2D eigenvalue weighted by atomic mass is 32.1. The molecule has 0 fully saturated rings. The lowest BCUT2D eigenvalue weighted by Gasteiger charge is -2.11. The molecule has 0 aliphatic carbocycles. The van der Waals surface area contributed by atoms with Crippen LogP contribution >= 0.6 is 12.2 Å². The molecule has 0 spiro atoms. The second kappa shape index (κ2) is 9.44. The minimum atomic E-state index is -0.437. The highest BCUT2D eigenvalue weighted by molar-refractivity contribution is 7.80. The molecule has 2 aromatic carbocycles. The van der Waals surface area contributed by atoms with Gasteiger partial charge in [-0.15, -0.1) is 0 Å². The summed E-state index contributed by atoms with van der Waals surface area (Å²) >= 11 is 4.99. The van der Waals surface area contributed by atoms with E-state index in [1.807, 2.05) is 0 Å². The summed E-state index contributed by atoms with van der Waals surface area (Å²) in [7, 11) is 0. The zero-order valence-corrected chi connectivity index (χ0v) is 15.7. The van der Waals surface area contributed by atoms with E-state index in [4.69, 9.17) is 12.2 Å². The Morgan fingerprint density at radius 3 is 2.00 bits per heavy atom. The number of nitrogens with one attached hydrogen (secondary N) is 4. The summed E-state index contributed by atoms with van der Waals surface area (Å²) in [6, 6.07) is 15.0.